The third-order valence-corrected chi connectivity index (χ3v) is 12.9. The number of methoxy groups -OCH3 is 1. The summed E-state index contributed by atoms with van der Waals surface area (Å²) in [6, 6.07) is 70.4. The van der Waals surface area contributed by atoms with Crippen molar-refractivity contribution in [3.63, 3.8) is 0 Å². The molecule has 2 saturated heterocycles. The monoisotopic (exact) mass is 986 g/mol. The lowest BCUT2D eigenvalue weighted by Gasteiger charge is -2.50. The third-order valence-electron chi connectivity index (χ3n) is 12.9. The maximum Gasteiger partial charge on any atom is 0.187 e. The Labute approximate surface area is 429 Å². The molecule has 0 unspecified atom stereocenters. The summed E-state index contributed by atoms with van der Waals surface area (Å²) in [6.07, 6.45) is -8.10. The number of rotatable bonds is 26. The van der Waals surface area contributed by atoms with Crippen molar-refractivity contribution in [3.8, 4) is 0 Å². The number of hydrogen-bond acceptors (Lipinski definition) is 11. The molecule has 11 nitrogen and oxygen atoms in total. The van der Waals surface area contributed by atoms with Gasteiger partial charge in [-0.1, -0.05) is 212 Å². The van der Waals surface area contributed by atoms with E-state index in [1.54, 1.807) is 7.11 Å². The van der Waals surface area contributed by atoms with Crippen molar-refractivity contribution in [3.05, 3.63) is 251 Å². The quantitative estimate of drug-likeness (QED) is 0.0518. The Kier molecular flexibility index (Phi) is 19.9. The summed E-state index contributed by atoms with van der Waals surface area (Å²) in [6.45, 7) is 2.27. The van der Waals surface area contributed by atoms with Crippen LogP contribution in [0.5, 0.6) is 0 Å². The molecule has 380 valence electrons. The Morgan fingerprint density at radius 1 is 0.288 bits per heavy atom. The molecule has 0 aliphatic carbocycles. The van der Waals surface area contributed by atoms with Crippen molar-refractivity contribution in [1.82, 2.24) is 0 Å². The Bertz CT molecular complexity index is 2560. The summed E-state index contributed by atoms with van der Waals surface area (Å²) in [4.78, 5) is 0. The molecule has 0 amide bonds. The normalized spacial score (nSPS) is 24.0. The van der Waals surface area contributed by atoms with Gasteiger partial charge >= 0.3 is 0 Å². The molecule has 7 aromatic carbocycles. The number of ether oxygens (including phenoxy) is 11. The van der Waals surface area contributed by atoms with Crippen LogP contribution in [0.15, 0.2) is 212 Å². The minimum Gasteiger partial charge on any atom is -0.374 e. The van der Waals surface area contributed by atoms with E-state index in [0.717, 1.165) is 38.9 Å². The fourth-order valence-electron chi connectivity index (χ4n) is 9.14. The van der Waals surface area contributed by atoms with E-state index >= 15 is 0 Å². The summed E-state index contributed by atoms with van der Waals surface area (Å²) in [5.41, 5.74) is 6.95. The first-order chi connectivity index (χ1) is 36.2. The minimum atomic E-state index is -1.09. The van der Waals surface area contributed by atoms with Gasteiger partial charge in [0, 0.05) is 7.11 Å². The van der Waals surface area contributed by atoms with Crippen molar-refractivity contribution in [1.29, 1.82) is 0 Å². The lowest BCUT2D eigenvalue weighted by atomic mass is 9.95. The second-order valence-electron chi connectivity index (χ2n) is 18.2. The Hall–Kier alpha value is -5.90. The van der Waals surface area contributed by atoms with Gasteiger partial charge in [-0.2, -0.15) is 0 Å². The topological polar surface area (TPSA) is 102 Å². The molecule has 0 spiro atoms. The molecular formula is C62H66O11. The van der Waals surface area contributed by atoms with Crippen LogP contribution in [0.25, 0.3) is 0 Å². The smallest absolute Gasteiger partial charge is 0.187 e. The summed E-state index contributed by atoms with van der Waals surface area (Å²) in [7, 11) is 1.61. The molecule has 0 bridgehead atoms. The molecule has 2 aliphatic heterocycles. The Morgan fingerprint density at radius 2 is 0.548 bits per heavy atom. The molecule has 7 aromatic rings. The van der Waals surface area contributed by atoms with Gasteiger partial charge in [-0.15, -0.1) is 0 Å². The molecule has 0 aromatic heterocycles. The van der Waals surface area contributed by atoms with E-state index in [1.165, 1.54) is 0 Å². The number of benzene rings is 7. The highest BCUT2D eigenvalue weighted by molar-refractivity contribution is 5.19. The SMILES string of the molecule is CO[C@H]1O[C@H](COCc2ccccc2)[C@@H](O[C@@H]2O[C@H](COCc3ccccc3)[C@H](OCc3ccccc3)[C@H](OCc3ccccc3)[C@H]2OCc2ccccc2)[C@H](OCc2ccccc2)[C@H]1OCc1ccccc1. The van der Waals surface area contributed by atoms with Crippen molar-refractivity contribution in [2.24, 2.45) is 0 Å². The molecule has 0 radical (unpaired) electrons. The highest BCUT2D eigenvalue weighted by atomic mass is 16.8. The van der Waals surface area contributed by atoms with Gasteiger partial charge in [-0.25, -0.2) is 0 Å². The molecule has 73 heavy (non-hydrogen) atoms. The zero-order chi connectivity index (χ0) is 49.7. The first-order valence-electron chi connectivity index (χ1n) is 25.2. The molecule has 2 aliphatic rings. The van der Waals surface area contributed by atoms with E-state index in [9.17, 15) is 0 Å². The predicted octanol–water partition coefficient (Wildman–Crippen LogP) is 10.8. The van der Waals surface area contributed by atoms with E-state index in [2.05, 4.69) is 0 Å². The highest BCUT2D eigenvalue weighted by Gasteiger charge is 2.54. The van der Waals surface area contributed by atoms with Crippen LogP contribution in [-0.2, 0) is 98.4 Å². The third kappa shape index (κ3) is 15.3. The van der Waals surface area contributed by atoms with Crippen LogP contribution < -0.4 is 0 Å². The molecule has 10 atom stereocenters. The molecule has 0 N–H and O–H groups in total. The van der Waals surface area contributed by atoms with Crippen LogP contribution in [0, 0.1) is 0 Å². The fraction of sp³-hybridized carbons (Fsp3) is 0.323. The van der Waals surface area contributed by atoms with Gasteiger partial charge < -0.3 is 52.1 Å². The van der Waals surface area contributed by atoms with E-state index in [0.29, 0.717) is 13.2 Å². The number of hydrogen-bond donors (Lipinski definition) is 0. The molecule has 0 saturated carbocycles. The maximum absolute atomic E-state index is 7.51. The largest absolute Gasteiger partial charge is 0.374 e. The zero-order valence-corrected chi connectivity index (χ0v) is 41.3. The first-order valence-corrected chi connectivity index (χ1v) is 25.2. The molecule has 2 fully saturated rings. The zero-order valence-electron chi connectivity index (χ0n) is 41.3. The average molecular weight is 987 g/mol. The summed E-state index contributed by atoms with van der Waals surface area (Å²) < 4.78 is 75.9. The molecular weight excluding hydrogens is 921 g/mol. The van der Waals surface area contributed by atoms with Gasteiger partial charge in [-0.3, -0.25) is 0 Å². The Morgan fingerprint density at radius 3 is 0.890 bits per heavy atom. The molecule has 9 rings (SSSR count). The fourth-order valence-corrected chi connectivity index (χ4v) is 9.14. The van der Waals surface area contributed by atoms with E-state index in [-0.39, 0.29) is 46.2 Å². The minimum absolute atomic E-state index is 0.124. The van der Waals surface area contributed by atoms with Gasteiger partial charge in [-0.05, 0) is 38.9 Å². The van der Waals surface area contributed by atoms with Crippen LogP contribution >= 0.6 is 0 Å². The van der Waals surface area contributed by atoms with E-state index < -0.39 is 61.4 Å². The standard InChI is InChI=1S/C62H66O11/c1-63-61-59(69-42-51-33-19-7-20-34-51)58(68-41-50-31-17-6-18-32-50)56(54(71-61)45-65-38-47-25-11-3-12-26-47)73-62-60(70-43-52-35-21-8-22-36-52)57(67-40-49-29-15-5-16-30-49)55(66-39-48-27-13-4-14-28-48)53(72-62)44-64-37-46-23-9-2-10-24-46/h2-36,53-62H,37-45H2,1H3/t53-,54-,55+,56-,57+,58+,59-,60-,61+,62+/m1/s1. The van der Waals surface area contributed by atoms with Gasteiger partial charge in [0.25, 0.3) is 0 Å². The first kappa shape index (κ1) is 52.0. The van der Waals surface area contributed by atoms with Crippen LogP contribution in [0.3, 0.4) is 0 Å². The predicted molar refractivity (Wildman–Crippen MR) is 276 cm³/mol. The maximum atomic E-state index is 7.51. The average Bonchev–Trinajstić information content (AvgIpc) is 3.45. The van der Waals surface area contributed by atoms with Crippen LogP contribution in [0.2, 0.25) is 0 Å². The van der Waals surface area contributed by atoms with E-state index in [4.69, 9.17) is 52.1 Å². The summed E-state index contributed by atoms with van der Waals surface area (Å²) >= 11 is 0. The van der Waals surface area contributed by atoms with E-state index in [1.807, 2.05) is 212 Å². The van der Waals surface area contributed by atoms with Crippen molar-refractivity contribution < 1.29 is 52.1 Å². The second kappa shape index (κ2) is 28.0. The van der Waals surface area contributed by atoms with Crippen LogP contribution in [0.4, 0.5) is 0 Å². The van der Waals surface area contributed by atoms with Crippen molar-refractivity contribution >= 4 is 0 Å². The van der Waals surface area contributed by atoms with Gasteiger partial charge in [0.15, 0.2) is 12.6 Å². The lowest BCUT2D eigenvalue weighted by Crippen LogP contribution is -2.66. The summed E-state index contributed by atoms with van der Waals surface area (Å²) in [5, 5.41) is 0. The van der Waals surface area contributed by atoms with Crippen LogP contribution in [-0.4, -0.2) is 81.7 Å². The molecule has 2 heterocycles. The van der Waals surface area contributed by atoms with Crippen LogP contribution in [0.1, 0.15) is 38.9 Å². The highest BCUT2D eigenvalue weighted by Crippen LogP contribution is 2.37. The van der Waals surface area contributed by atoms with Crippen molar-refractivity contribution in [2.75, 3.05) is 20.3 Å². The second-order valence-corrected chi connectivity index (χ2v) is 18.2. The lowest BCUT2D eigenvalue weighted by molar-refractivity contribution is -0.376. The Balaban J connectivity index is 1.11. The van der Waals surface area contributed by atoms with Gasteiger partial charge in [0.1, 0.15) is 48.8 Å². The van der Waals surface area contributed by atoms with Gasteiger partial charge in [0.2, 0.25) is 0 Å². The van der Waals surface area contributed by atoms with Gasteiger partial charge in [0.05, 0.1) is 59.5 Å². The molecule has 11 heteroatoms. The summed E-state index contributed by atoms with van der Waals surface area (Å²) in [5.74, 6) is 0. The van der Waals surface area contributed by atoms with Crippen molar-refractivity contribution in [2.45, 2.75) is 108 Å².